The minimum Gasteiger partial charge on any atom is -1.00 e. The van der Waals surface area contributed by atoms with E-state index in [1.807, 2.05) is 6.20 Å². The zero-order valence-corrected chi connectivity index (χ0v) is 7.96. The molecule has 4 nitrogen and oxygen atoms in total. The normalized spacial score (nSPS) is 9.14. The lowest BCUT2D eigenvalue weighted by Gasteiger charge is -1.94. The molecule has 0 aliphatic rings. The first-order valence-corrected chi connectivity index (χ1v) is 3.83. The van der Waals surface area contributed by atoms with Crippen molar-refractivity contribution in [1.82, 2.24) is 9.97 Å². The number of hydrogen-bond donors (Lipinski definition) is 1. The Hall–Kier alpha value is -1.68. The van der Waals surface area contributed by atoms with Crippen molar-refractivity contribution >= 4 is 0 Å². The van der Waals surface area contributed by atoms with E-state index in [0.29, 0.717) is 0 Å². The number of rotatable bonds is 1. The summed E-state index contributed by atoms with van der Waals surface area (Å²) in [6.07, 6.45) is 6.51. The van der Waals surface area contributed by atoms with Gasteiger partial charge in [-0.25, -0.2) is 4.98 Å². The van der Waals surface area contributed by atoms with Gasteiger partial charge < -0.3 is 17.5 Å². The molecule has 0 bridgehead atoms. The lowest BCUT2D eigenvalue weighted by molar-refractivity contribution is -0.600. The van der Waals surface area contributed by atoms with Crippen molar-refractivity contribution in [3.05, 3.63) is 43.1 Å². The third kappa shape index (κ3) is 2.17. The number of aromatic hydroxyl groups is 1. The molecule has 0 spiro atoms. The molecule has 1 N–H and O–H groups in total. The predicted molar refractivity (Wildman–Crippen MR) is 45.2 cm³/mol. The van der Waals surface area contributed by atoms with Crippen LogP contribution in [0.25, 0.3) is 5.82 Å². The second-order valence-corrected chi connectivity index (χ2v) is 2.54. The lowest BCUT2D eigenvalue weighted by Crippen LogP contribution is -3.00. The van der Waals surface area contributed by atoms with Crippen LogP contribution in [0.2, 0.25) is 0 Å². The van der Waals surface area contributed by atoms with Crippen LogP contribution in [-0.4, -0.2) is 15.1 Å². The van der Waals surface area contributed by atoms with Crippen molar-refractivity contribution in [2.75, 3.05) is 0 Å². The van der Waals surface area contributed by atoms with Crippen molar-refractivity contribution in [1.29, 1.82) is 0 Å². The fourth-order valence-corrected chi connectivity index (χ4v) is 1.04. The second kappa shape index (κ2) is 4.53. The summed E-state index contributed by atoms with van der Waals surface area (Å²) in [5, 5.41) is 9.21. The van der Waals surface area contributed by atoms with Gasteiger partial charge in [-0.15, -0.1) is 0 Å². The van der Waals surface area contributed by atoms with Gasteiger partial charge in [0.1, 0.15) is 6.20 Å². The van der Waals surface area contributed by atoms with Crippen molar-refractivity contribution < 1.29 is 22.1 Å². The fraction of sp³-hybridized carbons (Fsp3) is 0. The first-order chi connectivity index (χ1) is 6.36. The molecule has 2 heterocycles. The maximum Gasteiger partial charge on any atom is 0.331 e. The van der Waals surface area contributed by atoms with Crippen LogP contribution in [0, 0.1) is 0 Å². The maximum atomic E-state index is 9.21. The average molecular weight is 210 g/mol. The third-order valence-corrected chi connectivity index (χ3v) is 1.62. The molecular formula is C9H8ClN3O. The molecule has 2 aromatic rings. The Morgan fingerprint density at radius 3 is 2.79 bits per heavy atom. The molecule has 2 aromatic heterocycles. The van der Waals surface area contributed by atoms with Crippen LogP contribution < -0.4 is 17.0 Å². The van der Waals surface area contributed by atoms with Crippen LogP contribution >= 0.6 is 0 Å². The van der Waals surface area contributed by atoms with Gasteiger partial charge in [-0.3, -0.25) is 0 Å². The number of hydrogen-bond acceptors (Lipinski definition) is 3. The molecule has 0 fully saturated rings. The molecule has 2 rings (SSSR count). The number of halogens is 1. The topological polar surface area (TPSA) is 49.9 Å². The highest BCUT2D eigenvalue weighted by Gasteiger charge is 2.05. The first kappa shape index (κ1) is 10.4. The SMILES string of the molecule is Oc1ccc[n+](-c2ccncn2)c1.[Cl-]. The summed E-state index contributed by atoms with van der Waals surface area (Å²) in [5.41, 5.74) is 0. The van der Waals surface area contributed by atoms with E-state index in [0.717, 1.165) is 5.82 Å². The van der Waals surface area contributed by atoms with Crippen LogP contribution in [0.3, 0.4) is 0 Å². The molecule has 5 heteroatoms. The molecule has 72 valence electrons. The molecule has 14 heavy (non-hydrogen) atoms. The zero-order valence-electron chi connectivity index (χ0n) is 7.21. The standard InChI is InChI=1S/C9H7N3O.ClH/c13-8-2-1-5-12(6-8)9-3-4-10-7-11-9;/h1-7H;1H. The zero-order chi connectivity index (χ0) is 9.10. The Balaban J connectivity index is 0.000000980. The molecule has 0 aliphatic carbocycles. The minimum absolute atomic E-state index is 0. The Bertz CT molecular complexity index is 408. The van der Waals surface area contributed by atoms with Gasteiger partial charge in [-0.2, -0.15) is 4.57 Å². The Morgan fingerprint density at radius 2 is 2.14 bits per heavy atom. The molecule has 0 saturated heterocycles. The van der Waals surface area contributed by atoms with Gasteiger partial charge in [0.25, 0.3) is 0 Å². The number of aromatic nitrogens is 3. The van der Waals surface area contributed by atoms with Crippen molar-refractivity contribution in [2.24, 2.45) is 0 Å². The third-order valence-electron chi connectivity index (χ3n) is 1.62. The highest BCUT2D eigenvalue weighted by atomic mass is 35.5. The molecule has 0 aliphatic heterocycles. The van der Waals surface area contributed by atoms with Gasteiger partial charge in [0, 0.05) is 6.20 Å². The van der Waals surface area contributed by atoms with Crippen molar-refractivity contribution in [2.45, 2.75) is 0 Å². The van der Waals surface area contributed by atoms with Crippen LogP contribution in [0.4, 0.5) is 0 Å². The van der Waals surface area contributed by atoms with Gasteiger partial charge in [-0.1, -0.05) is 0 Å². The number of nitrogens with zero attached hydrogens (tertiary/aromatic N) is 3. The fourth-order valence-electron chi connectivity index (χ4n) is 1.04. The first-order valence-electron chi connectivity index (χ1n) is 3.83. The number of pyridine rings is 1. The van der Waals surface area contributed by atoms with E-state index < -0.39 is 0 Å². The summed E-state index contributed by atoms with van der Waals surface area (Å²) in [4.78, 5) is 7.84. The van der Waals surface area contributed by atoms with E-state index in [2.05, 4.69) is 9.97 Å². The summed E-state index contributed by atoms with van der Waals surface area (Å²) in [6.45, 7) is 0. The van der Waals surface area contributed by atoms with E-state index >= 15 is 0 Å². The highest BCUT2D eigenvalue weighted by Crippen LogP contribution is 2.02. The van der Waals surface area contributed by atoms with E-state index in [1.165, 1.54) is 6.33 Å². The average Bonchev–Trinajstić information content (AvgIpc) is 2.19. The molecule has 0 amide bonds. The smallest absolute Gasteiger partial charge is 0.331 e. The predicted octanol–water partition coefficient (Wildman–Crippen LogP) is -2.54. The van der Waals surface area contributed by atoms with Gasteiger partial charge in [0.05, 0.1) is 12.3 Å². The molecular weight excluding hydrogens is 202 g/mol. The van der Waals surface area contributed by atoms with E-state index in [1.54, 1.807) is 35.2 Å². The van der Waals surface area contributed by atoms with Crippen LogP contribution in [0.5, 0.6) is 5.75 Å². The van der Waals surface area contributed by atoms with Gasteiger partial charge in [-0.05, 0) is 17.1 Å². The van der Waals surface area contributed by atoms with Crippen LogP contribution in [0.1, 0.15) is 0 Å². The maximum absolute atomic E-state index is 9.21. The largest absolute Gasteiger partial charge is 1.00 e. The summed E-state index contributed by atoms with van der Waals surface area (Å²) in [6, 6.07) is 5.12. The van der Waals surface area contributed by atoms with Gasteiger partial charge >= 0.3 is 5.82 Å². The Kier molecular flexibility index (Phi) is 3.36. The van der Waals surface area contributed by atoms with E-state index in [4.69, 9.17) is 0 Å². The molecule has 0 atom stereocenters. The summed E-state index contributed by atoms with van der Waals surface area (Å²) >= 11 is 0. The Labute approximate surface area is 87.3 Å². The van der Waals surface area contributed by atoms with Crippen molar-refractivity contribution in [3.8, 4) is 11.6 Å². The lowest BCUT2D eigenvalue weighted by atomic mass is 10.4. The highest BCUT2D eigenvalue weighted by molar-refractivity contribution is 5.13. The van der Waals surface area contributed by atoms with Crippen LogP contribution in [-0.2, 0) is 0 Å². The van der Waals surface area contributed by atoms with E-state index in [9.17, 15) is 5.11 Å². The van der Waals surface area contributed by atoms with Gasteiger partial charge in [0.15, 0.2) is 5.75 Å². The van der Waals surface area contributed by atoms with Crippen LogP contribution in [0.15, 0.2) is 43.1 Å². The molecule has 0 radical (unpaired) electrons. The van der Waals surface area contributed by atoms with Crippen molar-refractivity contribution in [3.63, 3.8) is 0 Å². The summed E-state index contributed by atoms with van der Waals surface area (Å²) in [7, 11) is 0. The monoisotopic (exact) mass is 209 g/mol. The molecule has 0 saturated carbocycles. The van der Waals surface area contributed by atoms with Gasteiger partial charge in [0.2, 0.25) is 6.33 Å². The Morgan fingerprint density at radius 1 is 1.29 bits per heavy atom. The van der Waals surface area contributed by atoms with E-state index in [-0.39, 0.29) is 18.2 Å². The summed E-state index contributed by atoms with van der Waals surface area (Å²) < 4.78 is 1.72. The summed E-state index contributed by atoms with van der Waals surface area (Å²) in [5.74, 6) is 0.937. The molecule has 0 unspecified atom stereocenters. The quantitative estimate of drug-likeness (QED) is 0.527. The minimum atomic E-state index is 0. The molecule has 0 aromatic carbocycles. The second-order valence-electron chi connectivity index (χ2n) is 2.54.